The number of carbonyl (C=O) groups excluding carboxylic acids is 2. The molecule has 0 aromatic heterocycles. The van der Waals surface area contributed by atoms with Crippen molar-refractivity contribution >= 4 is 33.3 Å². The molecule has 3 N–H and O–H groups in total. The maximum atomic E-state index is 12.8. The highest BCUT2D eigenvalue weighted by Crippen LogP contribution is 2.31. The zero-order valence-electron chi connectivity index (χ0n) is 17.7. The van der Waals surface area contributed by atoms with Crippen molar-refractivity contribution in [3.05, 3.63) is 63.9 Å². The van der Waals surface area contributed by atoms with Gasteiger partial charge in [-0.25, -0.2) is 0 Å². The van der Waals surface area contributed by atoms with Gasteiger partial charge in [0.1, 0.15) is 10.2 Å². The summed E-state index contributed by atoms with van der Waals surface area (Å²) < 4.78 is 43.0. The molecule has 32 heavy (non-hydrogen) atoms. The summed E-state index contributed by atoms with van der Waals surface area (Å²) in [4.78, 5) is 26.0. The van der Waals surface area contributed by atoms with E-state index in [1.807, 2.05) is 6.92 Å². The number of nitrogens with two attached hydrogens (primary N) is 1. The first-order valence-electron chi connectivity index (χ1n) is 9.97. The van der Waals surface area contributed by atoms with Crippen LogP contribution in [0.15, 0.2) is 52.8 Å². The molecule has 10 heteroatoms. The second kappa shape index (κ2) is 11.3. The molecule has 1 atom stereocenters. The molecule has 0 aliphatic carbocycles. The molecule has 0 radical (unpaired) electrons. The summed E-state index contributed by atoms with van der Waals surface area (Å²) in [6.45, 7) is 5.29. The Morgan fingerprint density at radius 1 is 1.25 bits per heavy atom. The van der Waals surface area contributed by atoms with Gasteiger partial charge in [-0.1, -0.05) is 18.2 Å². The quantitative estimate of drug-likeness (QED) is 0.403. The lowest BCUT2D eigenvalue weighted by atomic mass is 9.95. The number of nitrogens with one attached hydrogen (secondary N) is 1. The van der Waals surface area contributed by atoms with Crippen LogP contribution in [0.5, 0.6) is 0 Å². The summed E-state index contributed by atoms with van der Waals surface area (Å²) in [6.07, 6.45) is 0.611. The van der Waals surface area contributed by atoms with Crippen LogP contribution in [0.2, 0.25) is 0 Å². The monoisotopic (exact) mass is 515 g/mol. The molecule has 6 nitrogen and oxygen atoms in total. The number of amides is 2. The van der Waals surface area contributed by atoms with Crippen molar-refractivity contribution in [2.45, 2.75) is 32.5 Å². The van der Waals surface area contributed by atoms with Crippen molar-refractivity contribution in [3.8, 4) is 0 Å². The van der Waals surface area contributed by atoms with Gasteiger partial charge in [0.2, 0.25) is 0 Å². The largest absolute Gasteiger partial charge is 0.432 e. The van der Waals surface area contributed by atoms with Gasteiger partial charge in [-0.05, 0) is 65.5 Å². The number of alkyl halides is 3. The van der Waals surface area contributed by atoms with E-state index >= 15 is 0 Å². The topological polar surface area (TPSA) is 84.7 Å². The maximum Gasteiger partial charge on any atom is 0.432 e. The molecule has 1 heterocycles. The summed E-state index contributed by atoms with van der Waals surface area (Å²) in [6, 6.07) is 6.22. The fourth-order valence-electron chi connectivity index (χ4n) is 3.03. The van der Waals surface area contributed by atoms with Crippen LogP contribution in [0.4, 0.5) is 13.2 Å². The molecule has 2 amide bonds. The van der Waals surface area contributed by atoms with E-state index in [0.717, 1.165) is 10.5 Å². The van der Waals surface area contributed by atoms with Gasteiger partial charge in [-0.3, -0.25) is 9.59 Å². The number of benzene rings is 1. The van der Waals surface area contributed by atoms with Crippen molar-refractivity contribution < 1.29 is 27.5 Å². The van der Waals surface area contributed by atoms with E-state index in [1.54, 1.807) is 43.3 Å². The van der Waals surface area contributed by atoms with Crippen molar-refractivity contribution in [2.24, 2.45) is 5.73 Å². The molecule has 1 aliphatic rings. The molecule has 0 bridgehead atoms. The van der Waals surface area contributed by atoms with Crippen molar-refractivity contribution in [3.63, 3.8) is 0 Å². The molecule has 0 saturated carbocycles. The lowest BCUT2D eigenvalue weighted by Crippen LogP contribution is -2.38. The first-order valence-corrected chi connectivity index (χ1v) is 10.8. The number of rotatable bonds is 8. The molecule has 0 saturated heterocycles. The fraction of sp³-hybridized carbons (Fsp3) is 0.364. The van der Waals surface area contributed by atoms with E-state index in [2.05, 4.69) is 21.2 Å². The van der Waals surface area contributed by atoms with Gasteiger partial charge in [0.15, 0.2) is 0 Å². The van der Waals surface area contributed by atoms with Crippen LogP contribution in [0.25, 0.3) is 5.57 Å². The minimum Gasteiger partial charge on any atom is -0.394 e. The van der Waals surface area contributed by atoms with Crippen LogP contribution >= 0.6 is 15.9 Å². The van der Waals surface area contributed by atoms with E-state index in [0.29, 0.717) is 37.3 Å². The molecule has 2 rings (SSSR count). The highest BCUT2D eigenvalue weighted by molar-refractivity contribution is 9.12. The van der Waals surface area contributed by atoms with Gasteiger partial charge in [-0.2, -0.15) is 13.2 Å². The Balaban J connectivity index is 2.09. The predicted octanol–water partition coefficient (Wildman–Crippen LogP) is 4.10. The van der Waals surface area contributed by atoms with E-state index in [4.69, 9.17) is 10.5 Å². The Morgan fingerprint density at radius 2 is 1.91 bits per heavy atom. The molecular weight excluding hydrogens is 491 g/mol. The predicted molar refractivity (Wildman–Crippen MR) is 120 cm³/mol. The fourth-order valence-corrected chi connectivity index (χ4v) is 3.46. The number of carbonyl (C=O) groups is 2. The Labute approximate surface area is 193 Å². The zero-order valence-corrected chi connectivity index (χ0v) is 19.3. The lowest BCUT2D eigenvalue weighted by molar-refractivity contribution is -0.126. The summed E-state index contributed by atoms with van der Waals surface area (Å²) in [7, 11) is 0. The van der Waals surface area contributed by atoms with Crippen LogP contribution in [-0.4, -0.2) is 48.7 Å². The first kappa shape index (κ1) is 25.7. The van der Waals surface area contributed by atoms with Crippen LogP contribution in [0.1, 0.15) is 36.2 Å². The summed E-state index contributed by atoms with van der Waals surface area (Å²) >= 11 is 2.68. The van der Waals surface area contributed by atoms with Gasteiger partial charge >= 0.3 is 6.18 Å². The van der Waals surface area contributed by atoms with Crippen molar-refractivity contribution in [2.75, 3.05) is 19.8 Å². The normalized spacial score (nSPS) is 17.0. The highest BCUT2D eigenvalue weighted by atomic mass is 79.9. The number of nitrogens with zero attached hydrogens (tertiary/aromatic N) is 1. The SMILES string of the molecule is CCOCCCNC(=O)c1ccc(C2=CC=CN(C(=O)/C(Br)=C(\N)C(F)(F)F)C2C)cc1. The number of halogens is 4. The van der Waals surface area contributed by atoms with E-state index in [-0.39, 0.29) is 5.91 Å². The van der Waals surface area contributed by atoms with Crippen LogP contribution in [-0.2, 0) is 9.53 Å². The zero-order chi connectivity index (χ0) is 23.9. The number of hydrogen-bond donors (Lipinski definition) is 2. The second-order valence-corrected chi connectivity index (χ2v) is 7.75. The molecule has 0 fully saturated rings. The van der Waals surface area contributed by atoms with Gasteiger partial charge < -0.3 is 20.7 Å². The third kappa shape index (κ3) is 6.46. The summed E-state index contributed by atoms with van der Waals surface area (Å²) in [5.41, 5.74) is 5.49. The smallest absolute Gasteiger partial charge is 0.394 e. The Bertz CT molecular complexity index is 925. The average Bonchev–Trinajstić information content (AvgIpc) is 2.77. The number of allylic oxidation sites excluding steroid dienone is 3. The maximum absolute atomic E-state index is 12.8. The average molecular weight is 516 g/mol. The number of hydrogen-bond acceptors (Lipinski definition) is 4. The number of ether oxygens (including phenoxy) is 1. The Morgan fingerprint density at radius 3 is 2.50 bits per heavy atom. The molecule has 174 valence electrons. The molecule has 1 aromatic rings. The second-order valence-electron chi connectivity index (χ2n) is 6.96. The molecule has 0 spiro atoms. The van der Waals surface area contributed by atoms with Gasteiger partial charge in [0.25, 0.3) is 11.8 Å². The van der Waals surface area contributed by atoms with E-state index in [1.165, 1.54) is 6.20 Å². The van der Waals surface area contributed by atoms with Crippen molar-refractivity contribution in [1.29, 1.82) is 0 Å². The molecule has 1 aliphatic heterocycles. The first-order chi connectivity index (χ1) is 15.1. The van der Waals surface area contributed by atoms with E-state index < -0.39 is 28.3 Å². The third-order valence-electron chi connectivity index (χ3n) is 4.79. The standard InChI is InChI=1S/C22H25BrF3N3O3/c1-3-32-13-5-11-28-20(30)16-9-7-15(8-10-16)17-6-4-12-29(14(17)2)21(31)18(23)19(27)22(24,25)26/h4,6-10,12,14H,3,5,11,13,27H2,1-2H3,(H,28,30)/b19-18+. The summed E-state index contributed by atoms with van der Waals surface area (Å²) in [5.74, 6) is -1.12. The highest BCUT2D eigenvalue weighted by Gasteiger charge is 2.37. The van der Waals surface area contributed by atoms with Gasteiger partial charge in [0, 0.05) is 31.5 Å². The molecular formula is C22H25BrF3N3O3. The van der Waals surface area contributed by atoms with Crippen LogP contribution in [0, 0.1) is 0 Å². The van der Waals surface area contributed by atoms with Gasteiger partial charge in [-0.15, -0.1) is 0 Å². The van der Waals surface area contributed by atoms with Crippen molar-refractivity contribution in [1.82, 2.24) is 10.2 Å². The third-order valence-corrected chi connectivity index (χ3v) is 5.56. The summed E-state index contributed by atoms with van der Waals surface area (Å²) in [5, 5.41) is 2.81. The molecule has 1 aromatic carbocycles. The Hall–Kier alpha value is -2.59. The minimum absolute atomic E-state index is 0.216. The lowest BCUT2D eigenvalue weighted by Gasteiger charge is -2.31. The van der Waals surface area contributed by atoms with E-state index in [9.17, 15) is 22.8 Å². The van der Waals surface area contributed by atoms with Gasteiger partial charge in [0.05, 0.1) is 6.04 Å². The minimum atomic E-state index is -4.82. The van der Waals surface area contributed by atoms with Crippen LogP contribution < -0.4 is 11.1 Å². The Kier molecular flexibility index (Phi) is 9.09. The molecule has 1 unspecified atom stereocenters. The van der Waals surface area contributed by atoms with Crippen LogP contribution in [0.3, 0.4) is 0 Å².